The summed E-state index contributed by atoms with van der Waals surface area (Å²) in [6, 6.07) is 6.93. The summed E-state index contributed by atoms with van der Waals surface area (Å²) in [5.74, 6) is 0.377. The molecule has 1 aromatic heterocycles. The largest absolute Gasteiger partial charge is 0.436 e. The molecule has 0 atom stereocenters. The van der Waals surface area contributed by atoms with Crippen LogP contribution in [0.25, 0.3) is 0 Å². The lowest BCUT2D eigenvalue weighted by atomic mass is 9.86. The zero-order valence-corrected chi connectivity index (χ0v) is 13.9. The number of rotatable bonds is 3. The van der Waals surface area contributed by atoms with Crippen LogP contribution in [0.15, 0.2) is 28.7 Å². The quantitative estimate of drug-likeness (QED) is 0.787. The Labute approximate surface area is 135 Å². The smallest absolute Gasteiger partial charge is 0.229 e. The van der Waals surface area contributed by atoms with Crippen molar-refractivity contribution in [2.75, 3.05) is 5.32 Å². The zero-order chi connectivity index (χ0) is 16.8. The Bertz CT molecular complexity index is 793. The number of anilines is 1. The number of hydrogen-bond donors (Lipinski definition) is 1. The van der Waals surface area contributed by atoms with Gasteiger partial charge in [0.15, 0.2) is 17.4 Å². The molecule has 0 saturated carbocycles. The Hall–Kier alpha value is -2.36. The number of fused-ring (bicyclic) bond motifs is 2. The van der Waals surface area contributed by atoms with Gasteiger partial charge in [-0.15, -0.1) is 0 Å². The zero-order valence-electron chi connectivity index (χ0n) is 13.9. The van der Waals surface area contributed by atoms with Crippen molar-refractivity contribution in [3.63, 3.8) is 0 Å². The van der Waals surface area contributed by atoms with Gasteiger partial charge >= 0.3 is 0 Å². The van der Waals surface area contributed by atoms with Crippen LogP contribution in [0, 0.1) is 0 Å². The van der Waals surface area contributed by atoms with Crippen molar-refractivity contribution in [2.24, 2.45) is 0 Å². The highest BCUT2D eigenvalue weighted by molar-refractivity contribution is 6.28. The molecule has 4 heteroatoms. The Morgan fingerprint density at radius 3 is 2.22 bits per heavy atom. The summed E-state index contributed by atoms with van der Waals surface area (Å²) in [5.41, 5.74) is 1.91. The molecular weight excluding hydrogens is 290 g/mol. The van der Waals surface area contributed by atoms with Crippen LogP contribution in [0.4, 0.5) is 5.88 Å². The maximum absolute atomic E-state index is 12.9. The normalized spacial score (nSPS) is 13.7. The van der Waals surface area contributed by atoms with Crippen molar-refractivity contribution in [1.29, 1.82) is 0 Å². The van der Waals surface area contributed by atoms with Crippen LogP contribution in [0.3, 0.4) is 0 Å². The third kappa shape index (κ3) is 2.58. The van der Waals surface area contributed by atoms with Crippen LogP contribution in [0.1, 0.15) is 71.7 Å². The number of carbonyl (C=O) groups is 2. The van der Waals surface area contributed by atoms with Gasteiger partial charge in [0.2, 0.25) is 5.78 Å². The predicted molar refractivity (Wildman–Crippen MR) is 89.4 cm³/mol. The van der Waals surface area contributed by atoms with Gasteiger partial charge in [-0.05, 0) is 27.2 Å². The van der Waals surface area contributed by atoms with Crippen molar-refractivity contribution in [3.05, 3.63) is 52.3 Å². The summed E-state index contributed by atoms with van der Waals surface area (Å²) in [7, 11) is 0. The second-order valence-corrected chi connectivity index (χ2v) is 6.94. The molecule has 1 aromatic carbocycles. The fourth-order valence-electron chi connectivity index (χ4n) is 2.93. The van der Waals surface area contributed by atoms with Crippen LogP contribution in [-0.2, 0) is 6.42 Å². The van der Waals surface area contributed by atoms with Crippen molar-refractivity contribution in [2.45, 2.75) is 46.1 Å². The van der Waals surface area contributed by atoms with E-state index in [1.54, 1.807) is 24.3 Å². The maximum Gasteiger partial charge on any atom is 0.229 e. The molecule has 2 aromatic rings. The van der Waals surface area contributed by atoms with E-state index in [1.165, 1.54) is 0 Å². The molecule has 0 bridgehead atoms. The predicted octanol–water partition coefficient (Wildman–Crippen LogP) is 4.22. The second-order valence-electron chi connectivity index (χ2n) is 6.94. The highest BCUT2D eigenvalue weighted by Crippen LogP contribution is 2.37. The Kier molecular flexibility index (Phi) is 3.63. The minimum absolute atomic E-state index is 0.121. The Balaban J connectivity index is 2.20. The Morgan fingerprint density at radius 1 is 1.04 bits per heavy atom. The van der Waals surface area contributed by atoms with Crippen LogP contribution in [0.5, 0.6) is 0 Å². The number of nitrogens with one attached hydrogen (secondary N) is 1. The average Bonchev–Trinajstić information content (AvgIpc) is 2.82. The van der Waals surface area contributed by atoms with Crippen molar-refractivity contribution >= 4 is 17.5 Å². The van der Waals surface area contributed by atoms with E-state index in [1.807, 2.05) is 27.7 Å². The molecule has 0 unspecified atom stereocenters. The summed E-state index contributed by atoms with van der Waals surface area (Å²) in [6.07, 6.45) is 1.56. The third-order valence-corrected chi connectivity index (χ3v) is 3.85. The van der Waals surface area contributed by atoms with Gasteiger partial charge in [-0.25, -0.2) is 0 Å². The van der Waals surface area contributed by atoms with Crippen LogP contribution in [-0.4, -0.2) is 17.1 Å². The second kappa shape index (κ2) is 5.37. The number of benzene rings is 1. The third-order valence-electron chi connectivity index (χ3n) is 3.85. The van der Waals surface area contributed by atoms with Crippen molar-refractivity contribution in [3.8, 4) is 0 Å². The SMILES string of the molecule is CCCc1c(NC(C)(C)C)oc2c1C(=O)c1ccccc1C2=O. The van der Waals surface area contributed by atoms with Gasteiger partial charge in [-0.1, -0.05) is 37.6 Å². The van der Waals surface area contributed by atoms with E-state index in [0.29, 0.717) is 29.0 Å². The van der Waals surface area contributed by atoms with E-state index in [4.69, 9.17) is 4.42 Å². The number of furan rings is 1. The van der Waals surface area contributed by atoms with E-state index < -0.39 is 0 Å². The van der Waals surface area contributed by atoms with Gasteiger partial charge in [0.1, 0.15) is 0 Å². The molecule has 1 aliphatic rings. The molecule has 0 radical (unpaired) electrons. The molecule has 0 amide bonds. The summed E-state index contributed by atoms with van der Waals surface area (Å²) in [6.45, 7) is 8.09. The molecule has 0 spiro atoms. The van der Waals surface area contributed by atoms with Gasteiger partial charge in [-0.2, -0.15) is 0 Å². The van der Waals surface area contributed by atoms with E-state index in [2.05, 4.69) is 5.32 Å². The molecule has 4 nitrogen and oxygen atoms in total. The molecule has 1 aliphatic carbocycles. The van der Waals surface area contributed by atoms with Gasteiger partial charge in [0, 0.05) is 22.2 Å². The lowest BCUT2D eigenvalue weighted by molar-refractivity contribution is 0.0960. The maximum atomic E-state index is 12.9. The number of ketones is 2. The first-order valence-electron chi connectivity index (χ1n) is 7.95. The Morgan fingerprint density at radius 2 is 1.65 bits per heavy atom. The van der Waals surface area contributed by atoms with Crippen molar-refractivity contribution in [1.82, 2.24) is 0 Å². The van der Waals surface area contributed by atoms with Gasteiger partial charge in [-0.3, -0.25) is 9.59 Å². The van der Waals surface area contributed by atoms with E-state index in [9.17, 15) is 9.59 Å². The molecular formula is C19H21NO3. The lowest BCUT2D eigenvalue weighted by Crippen LogP contribution is -2.26. The van der Waals surface area contributed by atoms with Crippen molar-refractivity contribution < 1.29 is 14.0 Å². The molecule has 0 aliphatic heterocycles. The fourth-order valence-corrected chi connectivity index (χ4v) is 2.93. The van der Waals surface area contributed by atoms with Gasteiger partial charge in [0.25, 0.3) is 0 Å². The summed E-state index contributed by atoms with van der Waals surface area (Å²) in [5, 5.41) is 3.29. The highest BCUT2D eigenvalue weighted by Gasteiger charge is 2.37. The van der Waals surface area contributed by atoms with Crippen LogP contribution in [0.2, 0.25) is 0 Å². The minimum atomic E-state index is -0.220. The molecule has 1 N–H and O–H groups in total. The molecule has 1 heterocycles. The molecule has 0 saturated heterocycles. The summed E-state index contributed by atoms with van der Waals surface area (Å²) in [4.78, 5) is 25.6. The lowest BCUT2D eigenvalue weighted by Gasteiger charge is -2.21. The molecule has 23 heavy (non-hydrogen) atoms. The summed E-state index contributed by atoms with van der Waals surface area (Å²) < 4.78 is 5.82. The number of hydrogen-bond acceptors (Lipinski definition) is 4. The highest BCUT2D eigenvalue weighted by atomic mass is 16.4. The summed E-state index contributed by atoms with van der Waals surface area (Å²) >= 11 is 0. The first-order chi connectivity index (χ1) is 10.8. The molecule has 0 fully saturated rings. The first kappa shape index (κ1) is 15.5. The topological polar surface area (TPSA) is 59.3 Å². The van der Waals surface area contributed by atoms with E-state index >= 15 is 0 Å². The van der Waals surface area contributed by atoms with E-state index in [0.717, 1.165) is 12.0 Å². The average molecular weight is 311 g/mol. The minimum Gasteiger partial charge on any atom is -0.436 e. The van der Waals surface area contributed by atoms with Crippen LogP contribution >= 0.6 is 0 Å². The van der Waals surface area contributed by atoms with Crippen LogP contribution < -0.4 is 5.32 Å². The number of carbonyl (C=O) groups excluding carboxylic acids is 2. The fraction of sp³-hybridized carbons (Fsp3) is 0.368. The monoisotopic (exact) mass is 311 g/mol. The standard InChI is InChI=1S/C19H21NO3/c1-5-8-13-14-15(21)11-9-6-7-10-12(11)16(22)17(14)23-18(13)20-19(2,3)4/h6-7,9-10,20H,5,8H2,1-4H3. The molecule has 120 valence electrons. The first-order valence-corrected chi connectivity index (χ1v) is 7.95. The van der Waals surface area contributed by atoms with Gasteiger partial charge in [0.05, 0.1) is 5.56 Å². The molecule has 3 rings (SSSR count). The van der Waals surface area contributed by atoms with E-state index in [-0.39, 0.29) is 22.9 Å². The van der Waals surface area contributed by atoms with Gasteiger partial charge < -0.3 is 9.73 Å².